The molecule has 0 amide bonds. The van der Waals surface area contributed by atoms with Crippen LogP contribution in [0, 0.1) is 0 Å². The summed E-state index contributed by atoms with van der Waals surface area (Å²) in [5.41, 5.74) is 3.22. The van der Waals surface area contributed by atoms with Crippen molar-refractivity contribution in [2.75, 3.05) is 26.2 Å². The number of aromatic nitrogens is 2. The number of nitrogens with one attached hydrogen (secondary N) is 1. The first-order valence-electron chi connectivity index (χ1n) is 10.5. The van der Waals surface area contributed by atoms with Crippen LogP contribution in [0.5, 0.6) is 11.5 Å². The molecule has 0 spiro atoms. The van der Waals surface area contributed by atoms with Gasteiger partial charge < -0.3 is 14.5 Å². The first-order chi connectivity index (χ1) is 14.2. The number of rotatable bonds is 4. The number of aryl methyl sites for hydroxylation is 1. The van der Waals surface area contributed by atoms with Gasteiger partial charge in [0.15, 0.2) is 11.5 Å². The Labute approximate surface area is 170 Å². The molecular formula is C23H27N3O3. The van der Waals surface area contributed by atoms with E-state index in [1.54, 1.807) is 0 Å². The average Bonchev–Trinajstić information content (AvgIpc) is 3.09. The van der Waals surface area contributed by atoms with E-state index in [0.29, 0.717) is 6.61 Å². The van der Waals surface area contributed by atoms with Crippen LogP contribution in [0.15, 0.2) is 47.3 Å². The van der Waals surface area contributed by atoms with E-state index < -0.39 is 0 Å². The van der Waals surface area contributed by atoms with E-state index in [1.807, 2.05) is 28.8 Å². The van der Waals surface area contributed by atoms with Crippen LogP contribution in [0.3, 0.4) is 0 Å². The molecule has 1 fully saturated rings. The molecular weight excluding hydrogens is 366 g/mol. The molecule has 1 saturated heterocycles. The molecule has 5 rings (SSSR count). The Morgan fingerprint density at radius 3 is 2.69 bits per heavy atom. The van der Waals surface area contributed by atoms with Crippen molar-refractivity contribution >= 4 is 11.0 Å². The highest BCUT2D eigenvalue weighted by molar-refractivity contribution is 5.76. The number of piperidine rings is 1. The molecule has 6 heteroatoms. The lowest BCUT2D eigenvalue weighted by Gasteiger charge is -2.36. The highest BCUT2D eigenvalue weighted by Crippen LogP contribution is 2.32. The van der Waals surface area contributed by atoms with E-state index in [4.69, 9.17) is 9.47 Å². The van der Waals surface area contributed by atoms with Crippen molar-refractivity contribution < 1.29 is 9.47 Å². The Hall–Kier alpha value is -2.73. The number of imidazole rings is 1. The van der Waals surface area contributed by atoms with Gasteiger partial charge in [0.25, 0.3) is 0 Å². The van der Waals surface area contributed by atoms with Crippen LogP contribution < -0.4 is 15.2 Å². The number of nitrogens with zero attached hydrogens (tertiary/aromatic N) is 2. The molecule has 2 aliphatic rings. The fourth-order valence-electron chi connectivity index (χ4n) is 4.56. The number of ether oxygens (including phenoxy) is 2. The number of para-hydroxylation sites is 2. The summed E-state index contributed by atoms with van der Waals surface area (Å²) in [6, 6.07) is 14.4. The van der Waals surface area contributed by atoms with Crippen LogP contribution in [0.2, 0.25) is 0 Å². The van der Waals surface area contributed by atoms with Gasteiger partial charge in [-0.3, -0.25) is 9.47 Å². The number of hydrogen-bond acceptors (Lipinski definition) is 4. The monoisotopic (exact) mass is 393 g/mol. The largest absolute Gasteiger partial charge is 0.486 e. The second-order valence-corrected chi connectivity index (χ2v) is 8.03. The summed E-state index contributed by atoms with van der Waals surface area (Å²) in [5.74, 6) is 1.66. The number of aromatic amines is 1. The SMILES string of the molecule is CCc1ccc2c(c1)[nH]c(=O)n2C1CCN(CC2COc3ccccc3O2)CC1. The summed E-state index contributed by atoms with van der Waals surface area (Å²) < 4.78 is 13.9. The molecule has 0 bridgehead atoms. The Bertz CT molecular complexity index is 1060. The maximum absolute atomic E-state index is 12.6. The van der Waals surface area contributed by atoms with Crippen molar-refractivity contribution in [2.24, 2.45) is 0 Å². The van der Waals surface area contributed by atoms with Crippen molar-refractivity contribution in [1.29, 1.82) is 0 Å². The molecule has 152 valence electrons. The van der Waals surface area contributed by atoms with Gasteiger partial charge in [0.2, 0.25) is 0 Å². The Morgan fingerprint density at radius 1 is 1.10 bits per heavy atom. The Morgan fingerprint density at radius 2 is 1.90 bits per heavy atom. The summed E-state index contributed by atoms with van der Waals surface area (Å²) in [6.45, 7) is 5.48. The summed E-state index contributed by atoms with van der Waals surface area (Å²) in [7, 11) is 0. The van der Waals surface area contributed by atoms with E-state index in [9.17, 15) is 4.79 Å². The van der Waals surface area contributed by atoms with Crippen LogP contribution in [0.1, 0.15) is 31.4 Å². The Kier molecular flexibility index (Phi) is 4.79. The minimum atomic E-state index is 0.00678. The molecule has 3 aromatic rings. The third-order valence-corrected chi connectivity index (χ3v) is 6.14. The van der Waals surface area contributed by atoms with Crippen molar-refractivity contribution in [3.05, 3.63) is 58.5 Å². The molecule has 1 N–H and O–H groups in total. The lowest BCUT2D eigenvalue weighted by atomic mass is 10.0. The van der Waals surface area contributed by atoms with E-state index in [2.05, 4.69) is 35.0 Å². The van der Waals surface area contributed by atoms with Crippen LogP contribution in [0.4, 0.5) is 0 Å². The van der Waals surface area contributed by atoms with Gasteiger partial charge >= 0.3 is 5.69 Å². The fraction of sp³-hybridized carbons (Fsp3) is 0.435. The topological polar surface area (TPSA) is 59.5 Å². The van der Waals surface area contributed by atoms with Crippen molar-refractivity contribution in [3.63, 3.8) is 0 Å². The zero-order valence-corrected chi connectivity index (χ0v) is 16.8. The van der Waals surface area contributed by atoms with Crippen molar-refractivity contribution in [2.45, 2.75) is 38.3 Å². The predicted molar refractivity (Wildman–Crippen MR) is 113 cm³/mol. The quantitative estimate of drug-likeness (QED) is 0.738. The number of fused-ring (bicyclic) bond motifs is 2. The molecule has 0 saturated carbocycles. The highest BCUT2D eigenvalue weighted by Gasteiger charge is 2.27. The summed E-state index contributed by atoms with van der Waals surface area (Å²) in [5, 5.41) is 0. The maximum Gasteiger partial charge on any atom is 0.326 e. The van der Waals surface area contributed by atoms with Gasteiger partial charge in [0.05, 0.1) is 11.0 Å². The van der Waals surface area contributed by atoms with Crippen LogP contribution in [0.25, 0.3) is 11.0 Å². The van der Waals surface area contributed by atoms with Gasteiger partial charge in [-0.25, -0.2) is 4.79 Å². The van der Waals surface area contributed by atoms with E-state index >= 15 is 0 Å². The first kappa shape index (κ1) is 18.3. The molecule has 0 aliphatic carbocycles. The van der Waals surface area contributed by atoms with Gasteiger partial charge in [-0.2, -0.15) is 0 Å². The van der Waals surface area contributed by atoms with Gasteiger partial charge in [-0.15, -0.1) is 0 Å². The predicted octanol–water partition coefficient (Wildman–Crippen LogP) is 3.37. The van der Waals surface area contributed by atoms with Crippen LogP contribution >= 0.6 is 0 Å². The third-order valence-electron chi connectivity index (χ3n) is 6.14. The van der Waals surface area contributed by atoms with Gasteiger partial charge in [0, 0.05) is 25.7 Å². The molecule has 1 atom stereocenters. The van der Waals surface area contributed by atoms with Crippen molar-refractivity contribution in [3.8, 4) is 11.5 Å². The smallest absolute Gasteiger partial charge is 0.326 e. The minimum Gasteiger partial charge on any atom is -0.486 e. The molecule has 29 heavy (non-hydrogen) atoms. The van der Waals surface area contributed by atoms with Crippen LogP contribution in [-0.2, 0) is 6.42 Å². The molecule has 1 aromatic heterocycles. The third kappa shape index (κ3) is 3.53. The molecule has 6 nitrogen and oxygen atoms in total. The van der Waals surface area contributed by atoms with Crippen molar-refractivity contribution in [1.82, 2.24) is 14.5 Å². The lowest BCUT2D eigenvalue weighted by molar-refractivity contribution is 0.0485. The van der Waals surface area contributed by atoms with Gasteiger partial charge in [0.1, 0.15) is 12.7 Å². The number of likely N-dealkylation sites (tertiary alicyclic amines) is 1. The second-order valence-electron chi connectivity index (χ2n) is 8.03. The van der Waals surface area contributed by atoms with E-state index in [1.165, 1.54) is 5.56 Å². The number of H-pyrrole nitrogens is 1. The lowest BCUT2D eigenvalue weighted by Crippen LogP contribution is -2.45. The average molecular weight is 393 g/mol. The highest BCUT2D eigenvalue weighted by atomic mass is 16.6. The minimum absolute atomic E-state index is 0.00678. The maximum atomic E-state index is 12.6. The standard InChI is InChI=1S/C23H27N3O3/c1-2-16-7-8-20-19(13-16)24-23(27)26(20)17-9-11-25(12-10-17)14-18-15-28-21-5-3-4-6-22(21)29-18/h3-8,13,17-18H,2,9-12,14-15H2,1H3,(H,24,27). The van der Waals surface area contributed by atoms with Gasteiger partial charge in [-0.1, -0.05) is 25.1 Å². The Balaban J connectivity index is 1.24. The van der Waals surface area contributed by atoms with Crippen LogP contribution in [-0.4, -0.2) is 46.8 Å². The normalized spacial score (nSPS) is 20.2. The number of hydrogen-bond donors (Lipinski definition) is 1. The fourth-order valence-corrected chi connectivity index (χ4v) is 4.56. The zero-order valence-electron chi connectivity index (χ0n) is 16.8. The van der Waals surface area contributed by atoms with E-state index in [-0.39, 0.29) is 17.8 Å². The van der Waals surface area contributed by atoms with E-state index in [0.717, 1.165) is 61.4 Å². The summed E-state index contributed by atoms with van der Waals surface area (Å²) in [4.78, 5) is 18.1. The molecule has 0 radical (unpaired) electrons. The van der Waals surface area contributed by atoms with Gasteiger partial charge in [-0.05, 0) is 49.1 Å². The molecule has 1 unspecified atom stereocenters. The zero-order chi connectivity index (χ0) is 19.8. The molecule has 3 heterocycles. The second kappa shape index (κ2) is 7.59. The molecule has 2 aromatic carbocycles. The first-order valence-corrected chi connectivity index (χ1v) is 10.5. The number of benzene rings is 2. The molecule has 2 aliphatic heterocycles. The summed E-state index contributed by atoms with van der Waals surface area (Å²) in [6.07, 6.45) is 2.95. The summed E-state index contributed by atoms with van der Waals surface area (Å²) >= 11 is 0.